The van der Waals surface area contributed by atoms with Crippen LogP contribution >= 0.6 is 27.5 Å². The Morgan fingerprint density at radius 3 is 2.04 bits per heavy atom. The van der Waals surface area contributed by atoms with Gasteiger partial charge in [-0.15, -0.1) is 0 Å². The number of hydrogen-bond donors (Lipinski definition) is 1. The van der Waals surface area contributed by atoms with Gasteiger partial charge in [-0.2, -0.15) is 0 Å². The fraction of sp³-hybridized carbons (Fsp3) is 0.316. The van der Waals surface area contributed by atoms with Gasteiger partial charge < -0.3 is 5.11 Å². The summed E-state index contributed by atoms with van der Waals surface area (Å²) in [5.41, 5.74) is 2.38. The van der Waals surface area contributed by atoms with Crippen molar-refractivity contribution < 1.29 is 9.90 Å². The predicted octanol–water partition coefficient (Wildman–Crippen LogP) is 4.99. The summed E-state index contributed by atoms with van der Waals surface area (Å²) in [5, 5.41) is 9.94. The van der Waals surface area contributed by atoms with Crippen LogP contribution in [0.25, 0.3) is 0 Å². The molecule has 5 heteroatoms. The van der Waals surface area contributed by atoms with Crippen LogP contribution in [0, 0.1) is 5.92 Å². The highest BCUT2D eigenvalue weighted by Crippen LogP contribution is 2.33. The summed E-state index contributed by atoms with van der Waals surface area (Å²) in [5.74, 6) is -0.904. The molecule has 1 aliphatic heterocycles. The van der Waals surface area contributed by atoms with Gasteiger partial charge in [-0.3, -0.25) is 9.69 Å². The van der Waals surface area contributed by atoms with Gasteiger partial charge in [-0.1, -0.05) is 51.8 Å². The van der Waals surface area contributed by atoms with E-state index in [9.17, 15) is 9.90 Å². The van der Waals surface area contributed by atoms with E-state index in [1.807, 2.05) is 24.3 Å². The summed E-state index contributed by atoms with van der Waals surface area (Å²) in [4.78, 5) is 13.6. The number of nitrogens with zero attached hydrogens (tertiary/aromatic N) is 1. The summed E-state index contributed by atoms with van der Waals surface area (Å²) in [6.45, 7) is 1.56. The van der Waals surface area contributed by atoms with Gasteiger partial charge in [0.2, 0.25) is 0 Å². The number of halogens is 2. The van der Waals surface area contributed by atoms with Crippen molar-refractivity contribution in [1.29, 1.82) is 0 Å². The molecule has 1 unspecified atom stereocenters. The van der Waals surface area contributed by atoms with Gasteiger partial charge in [0.25, 0.3) is 0 Å². The van der Waals surface area contributed by atoms with Crippen LogP contribution < -0.4 is 0 Å². The average Bonchev–Trinajstić information content (AvgIpc) is 2.59. The second-order valence-electron chi connectivity index (χ2n) is 6.15. The summed E-state index contributed by atoms with van der Waals surface area (Å²) in [7, 11) is 0. The molecule has 1 fully saturated rings. The lowest BCUT2D eigenvalue weighted by Gasteiger charge is -2.37. The minimum atomic E-state index is -0.679. The van der Waals surface area contributed by atoms with Gasteiger partial charge >= 0.3 is 5.97 Å². The van der Waals surface area contributed by atoms with E-state index in [1.54, 1.807) is 0 Å². The van der Waals surface area contributed by atoms with Gasteiger partial charge in [0.15, 0.2) is 0 Å². The number of likely N-dealkylation sites (tertiary alicyclic amines) is 1. The molecule has 3 nitrogen and oxygen atoms in total. The SMILES string of the molecule is O=C(O)C1CCN(C(c2ccc(Cl)cc2)c2ccc(Br)cc2)CC1. The molecule has 0 aromatic heterocycles. The second-order valence-corrected chi connectivity index (χ2v) is 7.51. The fourth-order valence-corrected chi connectivity index (χ4v) is 3.70. The lowest BCUT2D eigenvalue weighted by Crippen LogP contribution is -2.39. The van der Waals surface area contributed by atoms with Gasteiger partial charge in [0.05, 0.1) is 12.0 Å². The summed E-state index contributed by atoms with van der Waals surface area (Å²) < 4.78 is 1.05. The third-order valence-electron chi connectivity index (χ3n) is 4.62. The molecule has 1 atom stereocenters. The highest BCUT2D eigenvalue weighted by atomic mass is 79.9. The van der Waals surface area contributed by atoms with Crippen molar-refractivity contribution in [3.05, 3.63) is 69.2 Å². The Morgan fingerprint density at radius 1 is 1.04 bits per heavy atom. The quantitative estimate of drug-likeness (QED) is 0.775. The van der Waals surface area contributed by atoms with E-state index in [2.05, 4.69) is 45.1 Å². The van der Waals surface area contributed by atoms with Crippen LogP contribution in [-0.4, -0.2) is 29.1 Å². The van der Waals surface area contributed by atoms with Gasteiger partial charge in [-0.25, -0.2) is 0 Å². The zero-order chi connectivity index (χ0) is 17.1. The molecule has 0 radical (unpaired) electrons. The lowest BCUT2D eigenvalue weighted by atomic mass is 9.91. The maximum Gasteiger partial charge on any atom is 0.306 e. The van der Waals surface area contributed by atoms with Crippen molar-refractivity contribution in [2.75, 3.05) is 13.1 Å². The van der Waals surface area contributed by atoms with Gasteiger partial charge in [0.1, 0.15) is 0 Å². The first kappa shape index (κ1) is 17.5. The van der Waals surface area contributed by atoms with Crippen molar-refractivity contribution in [2.45, 2.75) is 18.9 Å². The van der Waals surface area contributed by atoms with Crippen LogP contribution in [0.2, 0.25) is 5.02 Å². The van der Waals surface area contributed by atoms with Crippen LogP contribution in [0.4, 0.5) is 0 Å². The zero-order valence-corrected chi connectivity index (χ0v) is 15.5. The topological polar surface area (TPSA) is 40.5 Å². The Morgan fingerprint density at radius 2 is 1.54 bits per heavy atom. The monoisotopic (exact) mass is 407 g/mol. The van der Waals surface area contributed by atoms with Crippen LogP contribution in [0.5, 0.6) is 0 Å². The molecule has 1 aliphatic rings. The Labute approximate surface area is 155 Å². The smallest absolute Gasteiger partial charge is 0.306 e. The van der Waals surface area contributed by atoms with Crippen LogP contribution in [0.15, 0.2) is 53.0 Å². The van der Waals surface area contributed by atoms with E-state index in [-0.39, 0.29) is 12.0 Å². The third kappa shape index (κ3) is 4.00. The van der Waals surface area contributed by atoms with Crippen LogP contribution in [-0.2, 0) is 4.79 Å². The number of hydrogen-bond acceptors (Lipinski definition) is 2. The lowest BCUT2D eigenvalue weighted by molar-refractivity contribution is -0.143. The third-order valence-corrected chi connectivity index (χ3v) is 5.40. The van der Waals surface area contributed by atoms with E-state index in [1.165, 1.54) is 11.1 Å². The highest BCUT2D eigenvalue weighted by molar-refractivity contribution is 9.10. The largest absolute Gasteiger partial charge is 0.481 e. The normalized spacial score (nSPS) is 17.6. The molecule has 0 spiro atoms. The van der Waals surface area contributed by atoms with E-state index < -0.39 is 5.97 Å². The molecule has 2 aromatic carbocycles. The van der Waals surface area contributed by atoms with Gasteiger partial charge in [0, 0.05) is 9.50 Å². The minimum Gasteiger partial charge on any atom is -0.481 e. The average molecular weight is 409 g/mol. The standard InChI is InChI=1S/C19H19BrClNO2/c20-16-5-1-13(2-6-16)18(14-3-7-17(21)8-4-14)22-11-9-15(10-12-22)19(23)24/h1-8,15,18H,9-12H2,(H,23,24). The van der Waals surface area contributed by atoms with E-state index >= 15 is 0 Å². The molecule has 0 saturated carbocycles. The number of benzene rings is 2. The molecular weight excluding hydrogens is 390 g/mol. The Bertz CT molecular complexity index is 649. The number of rotatable bonds is 4. The molecule has 24 heavy (non-hydrogen) atoms. The van der Waals surface area contributed by atoms with E-state index in [0.717, 1.165) is 22.6 Å². The molecule has 1 heterocycles. The predicted molar refractivity (Wildman–Crippen MR) is 99.4 cm³/mol. The molecular formula is C19H19BrClNO2. The van der Waals surface area contributed by atoms with Gasteiger partial charge in [-0.05, 0) is 61.3 Å². The number of piperidine rings is 1. The van der Waals surface area contributed by atoms with Crippen molar-refractivity contribution in [3.63, 3.8) is 0 Å². The Hall–Kier alpha value is -1.36. The van der Waals surface area contributed by atoms with Crippen molar-refractivity contribution in [2.24, 2.45) is 5.92 Å². The maximum absolute atomic E-state index is 11.2. The summed E-state index contributed by atoms with van der Waals surface area (Å²) in [6.07, 6.45) is 1.38. The number of carboxylic acid groups (broad SMARTS) is 1. The highest BCUT2D eigenvalue weighted by Gasteiger charge is 2.30. The van der Waals surface area contributed by atoms with Crippen molar-refractivity contribution in [1.82, 2.24) is 4.90 Å². The first-order chi connectivity index (χ1) is 11.5. The molecule has 0 bridgehead atoms. The first-order valence-electron chi connectivity index (χ1n) is 8.02. The van der Waals surface area contributed by atoms with Crippen molar-refractivity contribution in [3.8, 4) is 0 Å². The second kappa shape index (κ2) is 7.68. The molecule has 1 saturated heterocycles. The molecule has 0 aliphatic carbocycles. The number of carboxylic acids is 1. The van der Waals surface area contributed by atoms with Crippen molar-refractivity contribution >= 4 is 33.5 Å². The number of carbonyl (C=O) groups is 1. The minimum absolute atomic E-state index is 0.116. The van der Waals surface area contributed by atoms with Crippen LogP contribution in [0.1, 0.15) is 30.0 Å². The Balaban J connectivity index is 1.89. The molecule has 0 amide bonds. The first-order valence-corrected chi connectivity index (χ1v) is 9.19. The molecule has 2 aromatic rings. The number of aliphatic carboxylic acids is 1. The Kier molecular flexibility index (Phi) is 5.59. The van der Waals surface area contributed by atoms with Crippen LogP contribution in [0.3, 0.4) is 0 Å². The van der Waals surface area contributed by atoms with E-state index in [0.29, 0.717) is 12.8 Å². The summed E-state index contributed by atoms with van der Waals surface area (Å²) >= 11 is 9.52. The molecule has 3 rings (SSSR count). The van der Waals surface area contributed by atoms with E-state index in [4.69, 9.17) is 11.6 Å². The summed E-state index contributed by atoms with van der Waals surface area (Å²) in [6, 6.07) is 16.4. The zero-order valence-electron chi connectivity index (χ0n) is 13.2. The fourth-order valence-electron chi connectivity index (χ4n) is 3.31. The molecule has 1 N–H and O–H groups in total. The maximum atomic E-state index is 11.2. The molecule has 126 valence electrons.